The van der Waals surface area contributed by atoms with Crippen LogP contribution in [0.4, 0.5) is 0 Å². The van der Waals surface area contributed by atoms with E-state index in [0.717, 1.165) is 12.8 Å². The minimum Gasteiger partial charge on any atom is -0.366 e. The Balaban J connectivity index is 3.63. The minimum absolute atomic E-state index is 0.390. The molecule has 0 aromatic carbocycles. The quantitative estimate of drug-likeness (QED) is 0.306. The second-order valence-electron chi connectivity index (χ2n) is 2.29. The molecule has 5 heteroatoms. The molecule has 2 amide bonds. The molecule has 0 aliphatic heterocycles. The molecule has 0 radical (unpaired) electrons. The van der Waals surface area contributed by atoms with Crippen molar-refractivity contribution in [2.24, 2.45) is 5.73 Å². The van der Waals surface area contributed by atoms with Crippen LogP contribution in [-0.2, 0) is 14.3 Å². The average molecular weight is 174 g/mol. The van der Waals surface area contributed by atoms with Crippen molar-refractivity contribution in [2.75, 3.05) is 6.61 Å². The molecule has 3 N–H and O–H groups in total. The SMILES string of the molecule is CCCCOC(NC=O)C(N)=O. The Morgan fingerprint density at radius 2 is 2.42 bits per heavy atom. The van der Waals surface area contributed by atoms with Crippen molar-refractivity contribution in [3.05, 3.63) is 0 Å². The van der Waals surface area contributed by atoms with Gasteiger partial charge in [-0.2, -0.15) is 0 Å². The summed E-state index contributed by atoms with van der Waals surface area (Å²) in [7, 11) is 0. The molecule has 0 aromatic heterocycles. The van der Waals surface area contributed by atoms with Gasteiger partial charge in [0.05, 0.1) is 0 Å². The van der Waals surface area contributed by atoms with Gasteiger partial charge in [-0.15, -0.1) is 0 Å². The Bertz CT molecular complexity index is 150. The molecular formula is C7H14N2O3. The van der Waals surface area contributed by atoms with Crippen molar-refractivity contribution < 1.29 is 14.3 Å². The number of carbonyl (C=O) groups is 2. The summed E-state index contributed by atoms with van der Waals surface area (Å²) in [5.41, 5.74) is 4.92. The molecule has 0 aliphatic carbocycles. The molecule has 70 valence electrons. The summed E-state index contributed by atoms with van der Waals surface area (Å²) in [6.45, 7) is 2.42. The first kappa shape index (κ1) is 10.9. The van der Waals surface area contributed by atoms with Crippen LogP contribution in [0.15, 0.2) is 0 Å². The molecule has 0 heterocycles. The van der Waals surface area contributed by atoms with Crippen LogP contribution in [0.5, 0.6) is 0 Å². The van der Waals surface area contributed by atoms with E-state index in [1.807, 2.05) is 6.92 Å². The van der Waals surface area contributed by atoms with Gasteiger partial charge >= 0.3 is 0 Å². The summed E-state index contributed by atoms with van der Waals surface area (Å²) >= 11 is 0. The van der Waals surface area contributed by atoms with E-state index in [0.29, 0.717) is 13.0 Å². The van der Waals surface area contributed by atoms with Gasteiger partial charge in [0.15, 0.2) is 0 Å². The van der Waals surface area contributed by atoms with Crippen LogP contribution >= 0.6 is 0 Å². The molecule has 0 bridgehead atoms. The summed E-state index contributed by atoms with van der Waals surface area (Å²) in [4.78, 5) is 20.5. The summed E-state index contributed by atoms with van der Waals surface area (Å²) < 4.78 is 4.97. The number of nitrogens with one attached hydrogen (secondary N) is 1. The molecule has 12 heavy (non-hydrogen) atoms. The van der Waals surface area contributed by atoms with Crippen molar-refractivity contribution in [3.8, 4) is 0 Å². The maximum absolute atomic E-state index is 10.6. The van der Waals surface area contributed by atoms with Gasteiger partial charge in [0.25, 0.3) is 5.91 Å². The van der Waals surface area contributed by atoms with Crippen LogP contribution in [0, 0.1) is 0 Å². The number of rotatable bonds is 7. The van der Waals surface area contributed by atoms with E-state index in [1.54, 1.807) is 0 Å². The van der Waals surface area contributed by atoms with Crippen LogP contribution in [0.25, 0.3) is 0 Å². The molecule has 0 fully saturated rings. The van der Waals surface area contributed by atoms with Gasteiger partial charge in [0.2, 0.25) is 12.6 Å². The van der Waals surface area contributed by atoms with Crippen molar-refractivity contribution in [1.29, 1.82) is 0 Å². The predicted octanol–water partition coefficient (Wildman–Crippen LogP) is -0.639. The number of primary amides is 1. The standard InChI is InChI=1S/C7H14N2O3/c1-2-3-4-12-7(6(8)11)9-5-10/h5,7H,2-4H2,1H3,(H2,8,11)(H,9,10). The lowest BCUT2D eigenvalue weighted by Gasteiger charge is -2.12. The number of ether oxygens (including phenoxy) is 1. The van der Waals surface area contributed by atoms with Gasteiger partial charge in [0, 0.05) is 6.61 Å². The molecular weight excluding hydrogens is 160 g/mol. The van der Waals surface area contributed by atoms with Crippen molar-refractivity contribution in [1.82, 2.24) is 5.32 Å². The highest BCUT2D eigenvalue weighted by atomic mass is 16.5. The van der Waals surface area contributed by atoms with Gasteiger partial charge in [0.1, 0.15) is 0 Å². The molecule has 0 saturated carbocycles. The van der Waals surface area contributed by atoms with Gasteiger partial charge in [-0.25, -0.2) is 0 Å². The molecule has 0 spiro atoms. The minimum atomic E-state index is -0.992. The lowest BCUT2D eigenvalue weighted by Crippen LogP contribution is -2.42. The first-order valence-electron chi connectivity index (χ1n) is 3.83. The van der Waals surface area contributed by atoms with Gasteiger partial charge in [-0.1, -0.05) is 13.3 Å². The summed E-state index contributed by atoms with van der Waals surface area (Å²) in [6, 6.07) is 0. The monoisotopic (exact) mass is 174 g/mol. The second-order valence-corrected chi connectivity index (χ2v) is 2.29. The van der Waals surface area contributed by atoms with E-state index >= 15 is 0 Å². The summed E-state index contributed by atoms with van der Waals surface area (Å²) in [6.07, 6.45) is 1.20. The number of amides is 2. The molecule has 1 atom stereocenters. The highest BCUT2D eigenvalue weighted by Crippen LogP contribution is 1.91. The Morgan fingerprint density at radius 3 is 2.83 bits per heavy atom. The third kappa shape index (κ3) is 4.68. The second kappa shape index (κ2) is 6.60. The topological polar surface area (TPSA) is 81.4 Å². The Labute approximate surface area is 71.3 Å². The Morgan fingerprint density at radius 1 is 1.75 bits per heavy atom. The van der Waals surface area contributed by atoms with Crippen LogP contribution in [0.2, 0.25) is 0 Å². The third-order valence-corrected chi connectivity index (χ3v) is 1.26. The van der Waals surface area contributed by atoms with Crippen molar-refractivity contribution in [2.45, 2.75) is 26.0 Å². The molecule has 5 nitrogen and oxygen atoms in total. The van der Waals surface area contributed by atoms with Crippen LogP contribution in [0.1, 0.15) is 19.8 Å². The molecule has 1 unspecified atom stereocenters. The first-order valence-corrected chi connectivity index (χ1v) is 3.83. The maximum atomic E-state index is 10.6. The predicted molar refractivity (Wildman–Crippen MR) is 43.0 cm³/mol. The molecule has 0 rings (SSSR count). The number of hydrogen-bond acceptors (Lipinski definition) is 3. The lowest BCUT2D eigenvalue weighted by atomic mass is 10.4. The van der Waals surface area contributed by atoms with E-state index in [-0.39, 0.29) is 0 Å². The number of unbranched alkanes of at least 4 members (excludes halogenated alkanes) is 1. The zero-order valence-corrected chi connectivity index (χ0v) is 7.08. The largest absolute Gasteiger partial charge is 0.366 e. The smallest absolute Gasteiger partial charge is 0.267 e. The normalized spacial score (nSPS) is 12.1. The zero-order chi connectivity index (χ0) is 9.40. The molecule has 0 saturated heterocycles. The highest BCUT2D eigenvalue weighted by molar-refractivity contribution is 5.80. The zero-order valence-electron chi connectivity index (χ0n) is 7.08. The highest BCUT2D eigenvalue weighted by Gasteiger charge is 2.12. The fraction of sp³-hybridized carbons (Fsp3) is 0.714. The van der Waals surface area contributed by atoms with E-state index in [2.05, 4.69) is 5.32 Å². The van der Waals surface area contributed by atoms with E-state index in [9.17, 15) is 9.59 Å². The summed E-state index contributed by atoms with van der Waals surface area (Å²) in [5, 5.41) is 2.16. The number of hydrogen-bond donors (Lipinski definition) is 2. The summed E-state index contributed by atoms with van der Waals surface area (Å²) in [5.74, 6) is -0.682. The molecule has 0 aromatic rings. The van der Waals surface area contributed by atoms with Crippen molar-refractivity contribution in [3.63, 3.8) is 0 Å². The fourth-order valence-corrected chi connectivity index (χ4v) is 0.620. The van der Waals surface area contributed by atoms with Crippen LogP contribution in [-0.4, -0.2) is 25.2 Å². The van der Waals surface area contributed by atoms with Crippen LogP contribution < -0.4 is 11.1 Å². The Hall–Kier alpha value is -1.10. The lowest BCUT2D eigenvalue weighted by molar-refractivity contribution is -0.134. The Kier molecular flexibility index (Phi) is 6.00. The maximum Gasteiger partial charge on any atom is 0.267 e. The first-order chi connectivity index (χ1) is 5.72. The molecule has 0 aliphatic rings. The van der Waals surface area contributed by atoms with E-state index in [4.69, 9.17) is 10.5 Å². The average Bonchev–Trinajstić information content (AvgIpc) is 2.03. The van der Waals surface area contributed by atoms with E-state index in [1.165, 1.54) is 0 Å². The van der Waals surface area contributed by atoms with Gasteiger partial charge in [-0.05, 0) is 6.42 Å². The van der Waals surface area contributed by atoms with Crippen LogP contribution in [0.3, 0.4) is 0 Å². The third-order valence-electron chi connectivity index (χ3n) is 1.26. The number of nitrogens with two attached hydrogens (primary N) is 1. The van der Waals surface area contributed by atoms with Gasteiger partial charge in [-0.3, -0.25) is 9.59 Å². The van der Waals surface area contributed by atoms with E-state index < -0.39 is 12.1 Å². The van der Waals surface area contributed by atoms with Crippen molar-refractivity contribution >= 4 is 12.3 Å². The van der Waals surface area contributed by atoms with Gasteiger partial charge < -0.3 is 15.8 Å². The number of carbonyl (C=O) groups excluding carboxylic acids is 2. The fourth-order valence-electron chi connectivity index (χ4n) is 0.620.